The summed E-state index contributed by atoms with van der Waals surface area (Å²) in [6, 6.07) is 15.3. The molecule has 0 aliphatic carbocycles. The topological polar surface area (TPSA) is 135 Å². The van der Waals surface area contributed by atoms with E-state index in [2.05, 4.69) is 25.9 Å². The molecular weight excluding hydrogens is 504 g/mol. The summed E-state index contributed by atoms with van der Waals surface area (Å²) in [5.41, 5.74) is 0.965. The van der Waals surface area contributed by atoms with E-state index in [1.54, 1.807) is 54.6 Å². The number of hydrogen-bond donors (Lipinski definition) is 3. The van der Waals surface area contributed by atoms with E-state index < -0.39 is 26.4 Å². The average molecular weight is 531 g/mol. The molecule has 0 aliphatic rings. The zero-order valence-electron chi connectivity index (χ0n) is 21.2. The zero-order chi connectivity index (χ0) is 27.2. The first-order valence-corrected chi connectivity index (χ1v) is 13.3. The van der Waals surface area contributed by atoms with Crippen LogP contribution >= 0.6 is 0 Å². The van der Waals surface area contributed by atoms with Crippen molar-refractivity contribution in [1.82, 2.24) is 13.9 Å². The molecule has 11 heteroatoms. The standard InChI is InChI=1S/C27H26N6O4S/c1-16-5-8-19(9-6-16)38(36,37)33-14-12-17-15-18(7-10-20(17)33)29-26-28-13-11-21(31-26)30-22-23(25(35)24(22)34)32-27(2,3)4/h5-15,32H,1-4H3,(H2,28,29,30,31). The van der Waals surface area contributed by atoms with E-state index in [0.717, 1.165) is 5.56 Å². The van der Waals surface area contributed by atoms with Crippen molar-refractivity contribution in [1.29, 1.82) is 0 Å². The third kappa shape index (κ3) is 4.75. The van der Waals surface area contributed by atoms with Crippen molar-refractivity contribution in [2.24, 2.45) is 0 Å². The van der Waals surface area contributed by atoms with Crippen LogP contribution in [-0.2, 0) is 10.0 Å². The molecule has 2 aromatic heterocycles. The average Bonchev–Trinajstić information content (AvgIpc) is 3.30. The monoisotopic (exact) mass is 530 g/mol. The smallest absolute Gasteiger partial charge is 0.268 e. The Morgan fingerprint density at radius 1 is 0.868 bits per heavy atom. The van der Waals surface area contributed by atoms with E-state index in [9.17, 15) is 18.0 Å². The highest BCUT2D eigenvalue weighted by Gasteiger charge is 2.25. The lowest BCUT2D eigenvalue weighted by Gasteiger charge is -2.24. The third-order valence-corrected chi connectivity index (χ3v) is 7.51. The van der Waals surface area contributed by atoms with E-state index in [1.165, 1.54) is 16.4 Å². The van der Waals surface area contributed by atoms with Gasteiger partial charge in [-0.2, -0.15) is 4.98 Å². The predicted octanol–water partition coefficient (Wildman–Crippen LogP) is 4.27. The van der Waals surface area contributed by atoms with Crippen molar-refractivity contribution >= 4 is 49.8 Å². The minimum absolute atomic E-state index is 0.159. The number of hydrogen-bond acceptors (Lipinski definition) is 9. The molecule has 0 atom stereocenters. The summed E-state index contributed by atoms with van der Waals surface area (Å²) in [4.78, 5) is 33.0. The number of rotatable bonds is 7. The Balaban J connectivity index is 1.38. The minimum Gasteiger partial charge on any atom is -0.375 e. The van der Waals surface area contributed by atoms with Crippen molar-refractivity contribution in [3.8, 4) is 0 Å². The van der Waals surface area contributed by atoms with Crippen LogP contribution in [0.1, 0.15) is 26.3 Å². The molecule has 0 unspecified atom stereocenters. The van der Waals surface area contributed by atoms with Crippen LogP contribution in [-0.4, -0.2) is 27.9 Å². The van der Waals surface area contributed by atoms with Crippen molar-refractivity contribution in [3.05, 3.63) is 93.0 Å². The number of aryl methyl sites for hydroxylation is 1. The molecular formula is C27H26N6O4S. The molecule has 10 nitrogen and oxygen atoms in total. The summed E-state index contributed by atoms with van der Waals surface area (Å²) in [5, 5.41) is 9.76. The Labute approximate surface area is 219 Å². The normalized spacial score (nSPS) is 12.1. The van der Waals surface area contributed by atoms with Gasteiger partial charge in [-0.3, -0.25) is 9.59 Å². The van der Waals surface area contributed by atoms with Crippen LogP contribution in [0.15, 0.2) is 81.5 Å². The minimum atomic E-state index is -3.75. The van der Waals surface area contributed by atoms with Crippen LogP contribution in [0.25, 0.3) is 10.9 Å². The molecule has 5 rings (SSSR count). The van der Waals surface area contributed by atoms with E-state index in [1.807, 2.05) is 27.7 Å². The summed E-state index contributed by atoms with van der Waals surface area (Å²) >= 11 is 0. The van der Waals surface area contributed by atoms with E-state index in [4.69, 9.17) is 0 Å². The molecule has 3 aromatic carbocycles. The molecule has 194 valence electrons. The lowest BCUT2D eigenvalue weighted by atomic mass is 10.1. The second-order valence-corrected chi connectivity index (χ2v) is 11.8. The van der Waals surface area contributed by atoms with Crippen LogP contribution in [0.5, 0.6) is 0 Å². The Morgan fingerprint density at radius 2 is 1.58 bits per heavy atom. The number of fused-ring (bicyclic) bond motifs is 1. The number of nitrogens with one attached hydrogen (secondary N) is 3. The molecule has 0 amide bonds. The fourth-order valence-electron chi connectivity index (χ4n) is 3.98. The maximum Gasteiger partial charge on any atom is 0.268 e. The van der Waals surface area contributed by atoms with Gasteiger partial charge < -0.3 is 16.0 Å². The van der Waals surface area contributed by atoms with E-state index in [0.29, 0.717) is 22.4 Å². The summed E-state index contributed by atoms with van der Waals surface area (Å²) in [6.45, 7) is 7.58. The Bertz CT molecular complexity index is 1840. The van der Waals surface area contributed by atoms with Gasteiger partial charge in [0.25, 0.3) is 20.9 Å². The van der Waals surface area contributed by atoms with E-state index in [-0.39, 0.29) is 22.2 Å². The highest BCUT2D eigenvalue weighted by Crippen LogP contribution is 2.27. The van der Waals surface area contributed by atoms with Crippen LogP contribution in [0, 0.1) is 6.92 Å². The molecule has 0 saturated heterocycles. The Kier molecular flexibility index (Phi) is 6.03. The molecule has 38 heavy (non-hydrogen) atoms. The SMILES string of the molecule is Cc1ccc(S(=O)(=O)n2ccc3cc(Nc4nccc(Nc5c(NC(C)(C)C)c(=O)c5=O)n4)ccc32)cc1. The van der Waals surface area contributed by atoms with Crippen LogP contribution in [0.3, 0.4) is 0 Å². The lowest BCUT2D eigenvalue weighted by Crippen LogP contribution is -2.41. The first kappa shape index (κ1) is 25.2. The molecule has 0 aliphatic heterocycles. The molecule has 5 aromatic rings. The quantitative estimate of drug-likeness (QED) is 0.264. The van der Waals surface area contributed by atoms with Gasteiger partial charge >= 0.3 is 0 Å². The van der Waals surface area contributed by atoms with Gasteiger partial charge in [-0.15, -0.1) is 0 Å². The zero-order valence-corrected chi connectivity index (χ0v) is 22.1. The Morgan fingerprint density at radius 3 is 2.29 bits per heavy atom. The summed E-state index contributed by atoms with van der Waals surface area (Å²) in [7, 11) is -3.75. The van der Waals surface area contributed by atoms with Crippen molar-refractivity contribution < 1.29 is 8.42 Å². The first-order valence-electron chi connectivity index (χ1n) is 11.8. The van der Waals surface area contributed by atoms with Gasteiger partial charge in [0.05, 0.1) is 10.4 Å². The number of anilines is 5. The van der Waals surface area contributed by atoms with Crippen molar-refractivity contribution in [3.63, 3.8) is 0 Å². The number of benzene rings is 2. The number of aromatic nitrogens is 3. The number of nitrogens with zero attached hydrogens (tertiary/aromatic N) is 3. The van der Waals surface area contributed by atoms with Crippen LogP contribution in [0.2, 0.25) is 0 Å². The molecule has 0 saturated carbocycles. The highest BCUT2D eigenvalue weighted by atomic mass is 32.2. The van der Waals surface area contributed by atoms with Gasteiger partial charge in [-0.25, -0.2) is 17.4 Å². The molecule has 0 radical (unpaired) electrons. The van der Waals surface area contributed by atoms with Crippen molar-refractivity contribution in [2.45, 2.75) is 38.1 Å². The summed E-state index contributed by atoms with van der Waals surface area (Å²) < 4.78 is 27.6. The van der Waals surface area contributed by atoms with Gasteiger partial charge in [-0.1, -0.05) is 17.7 Å². The molecule has 0 spiro atoms. The largest absolute Gasteiger partial charge is 0.375 e. The maximum atomic E-state index is 13.2. The third-order valence-electron chi connectivity index (χ3n) is 5.81. The highest BCUT2D eigenvalue weighted by molar-refractivity contribution is 7.90. The second-order valence-electron chi connectivity index (χ2n) is 10.0. The predicted molar refractivity (Wildman–Crippen MR) is 149 cm³/mol. The Hall–Kier alpha value is -4.51. The molecule has 0 fully saturated rings. The van der Waals surface area contributed by atoms with Gasteiger partial charge in [0.2, 0.25) is 5.95 Å². The maximum absolute atomic E-state index is 13.2. The van der Waals surface area contributed by atoms with Crippen LogP contribution in [0.4, 0.5) is 28.8 Å². The summed E-state index contributed by atoms with van der Waals surface area (Å²) in [5.74, 6) is 0.591. The molecule has 2 heterocycles. The van der Waals surface area contributed by atoms with Crippen LogP contribution < -0.4 is 26.8 Å². The van der Waals surface area contributed by atoms with Gasteiger partial charge in [-0.05, 0) is 70.2 Å². The first-order chi connectivity index (χ1) is 17.9. The van der Waals surface area contributed by atoms with Gasteiger partial charge in [0.15, 0.2) is 0 Å². The molecule has 0 bridgehead atoms. The fraction of sp³-hybridized carbons (Fsp3) is 0.185. The summed E-state index contributed by atoms with van der Waals surface area (Å²) in [6.07, 6.45) is 3.04. The molecule has 3 N–H and O–H groups in total. The fourth-order valence-corrected chi connectivity index (χ4v) is 5.33. The van der Waals surface area contributed by atoms with Gasteiger partial charge in [0, 0.05) is 29.0 Å². The lowest BCUT2D eigenvalue weighted by molar-refractivity contribution is 0.589. The second kappa shape index (κ2) is 9.10. The van der Waals surface area contributed by atoms with Crippen molar-refractivity contribution in [2.75, 3.05) is 16.0 Å². The van der Waals surface area contributed by atoms with E-state index >= 15 is 0 Å². The van der Waals surface area contributed by atoms with Gasteiger partial charge in [0.1, 0.15) is 17.2 Å².